The van der Waals surface area contributed by atoms with Gasteiger partial charge in [0.1, 0.15) is 0 Å². The molecule has 0 fully saturated rings. The average Bonchev–Trinajstić information content (AvgIpc) is 2.09. The largest absolute Gasteiger partial charge is 0.333 e. The highest BCUT2D eigenvalue weighted by molar-refractivity contribution is 6.09. The molecule has 0 saturated heterocycles. The Morgan fingerprint density at radius 3 is 2.18 bits per heavy atom. The second kappa shape index (κ2) is 5.62. The van der Waals surface area contributed by atoms with E-state index >= 15 is 0 Å². The number of nitrogens with one attached hydrogen (secondary N) is 1. The fraction of sp³-hybridized carbons (Fsp3) is 0.222. The van der Waals surface area contributed by atoms with Crippen LogP contribution in [0.1, 0.15) is 6.92 Å². The van der Waals surface area contributed by atoms with Crippen LogP contribution in [0.4, 0.5) is 0 Å². The summed E-state index contributed by atoms with van der Waals surface area (Å²) in [6, 6.07) is 0. The number of nitrogens with two attached hydrogens (primary N) is 1. The molecule has 2 nitrogen and oxygen atoms in total. The highest BCUT2D eigenvalue weighted by Crippen LogP contribution is 2.05. The molecule has 11 heavy (non-hydrogen) atoms. The van der Waals surface area contributed by atoms with Gasteiger partial charge in [-0.3, -0.25) is 0 Å². The van der Waals surface area contributed by atoms with Crippen molar-refractivity contribution in [3.05, 3.63) is 36.0 Å². The van der Waals surface area contributed by atoms with Crippen molar-refractivity contribution < 1.29 is 0 Å². The van der Waals surface area contributed by atoms with Crippen LogP contribution in [-0.4, -0.2) is 12.8 Å². The second-order valence-electron chi connectivity index (χ2n) is 1.88. The third kappa shape index (κ3) is 2.96. The molecule has 0 spiro atoms. The Bertz CT molecular complexity index is 210. The lowest BCUT2D eigenvalue weighted by atomic mass is 10.1. The maximum absolute atomic E-state index is 7.34. The van der Waals surface area contributed by atoms with E-state index in [9.17, 15) is 0 Å². The summed E-state index contributed by atoms with van der Waals surface area (Å²) in [6.45, 7) is 1.94. The number of allylic oxidation sites excluding steroid dienone is 6. The minimum absolute atomic E-state index is 0.597. The van der Waals surface area contributed by atoms with Crippen LogP contribution in [0.3, 0.4) is 0 Å². The maximum atomic E-state index is 7.34. The van der Waals surface area contributed by atoms with Gasteiger partial charge in [-0.15, -0.1) is 0 Å². The van der Waals surface area contributed by atoms with Gasteiger partial charge in [-0.1, -0.05) is 24.3 Å². The predicted molar refractivity (Wildman–Crippen MR) is 49.9 cm³/mol. The molecule has 1 aliphatic rings. The molecule has 0 radical (unpaired) electrons. The lowest BCUT2D eigenvalue weighted by Gasteiger charge is -2.00. The molecule has 0 aromatic rings. The van der Waals surface area contributed by atoms with Crippen LogP contribution in [0.5, 0.6) is 0 Å². The number of hydrogen-bond acceptors (Lipinski definition) is 2. The molecule has 0 aromatic heterocycles. The van der Waals surface area contributed by atoms with E-state index < -0.39 is 0 Å². The molecule has 0 unspecified atom stereocenters. The second-order valence-corrected chi connectivity index (χ2v) is 1.88. The fourth-order valence-electron chi connectivity index (χ4n) is 0.749. The van der Waals surface area contributed by atoms with E-state index in [0.29, 0.717) is 5.71 Å². The first kappa shape index (κ1) is 9.85. The van der Waals surface area contributed by atoms with Crippen LogP contribution in [0.2, 0.25) is 0 Å². The van der Waals surface area contributed by atoms with Gasteiger partial charge < -0.3 is 11.1 Å². The summed E-state index contributed by atoms with van der Waals surface area (Å²) in [6.07, 6.45) is 9.46. The molecule has 1 aliphatic carbocycles. The van der Waals surface area contributed by atoms with Crippen LogP contribution in [0, 0.1) is 5.41 Å². The summed E-state index contributed by atoms with van der Waals surface area (Å²) in [4.78, 5) is 0. The zero-order valence-corrected chi connectivity index (χ0v) is 6.96. The van der Waals surface area contributed by atoms with Crippen molar-refractivity contribution in [2.75, 3.05) is 7.05 Å². The predicted octanol–water partition coefficient (Wildman–Crippen LogP) is 1.65. The first-order valence-electron chi connectivity index (χ1n) is 3.52. The number of hydrogen-bond donors (Lipinski definition) is 2. The minimum atomic E-state index is 0.597. The van der Waals surface area contributed by atoms with Gasteiger partial charge in [0.15, 0.2) is 0 Å². The van der Waals surface area contributed by atoms with Gasteiger partial charge >= 0.3 is 0 Å². The van der Waals surface area contributed by atoms with Gasteiger partial charge in [-0.2, -0.15) is 0 Å². The van der Waals surface area contributed by atoms with Crippen LogP contribution in [-0.2, 0) is 0 Å². The molecule has 0 amide bonds. The zero-order valence-electron chi connectivity index (χ0n) is 6.96. The van der Waals surface area contributed by atoms with E-state index in [0.717, 1.165) is 5.57 Å². The zero-order chi connectivity index (χ0) is 8.69. The molecule has 2 heteroatoms. The van der Waals surface area contributed by atoms with Crippen molar-refractivity contribution in [1.29, 1.82) is 5.41 Å². The van der Waals surface area contributed by atoms with Crippen molar-refractivity contribution >= 4 is 5.71 Å². The molecule has 0 atom stereocenters. The van der Waals surface area contributed by atoms with Crippen molar-refractivity contribution in [3.63, 3.8) is 0 Å². The van der Waals surface area contributed by atoms with E-state index in [-0.39, 0.29) is 0 Å². The van der Waals surface area contributed by atoms with Gasteiger partial charge in [-0.25, -0.2) is 0 Å². The molecule has 3 N–H and O–H groups in total. The van der Waals surface area contributed by atoms with Crippen molar-refractivity contribution in [3.8, 4) is 0 Å². The van der Waals surface area contributed by atoms with Gasteiger partial charge in [0.2, 0.25) is 0 Å². The highest BCUT2D eigenvalue weighted by Gasteiger charge is 1.96. The third-order valence-electron chi connectivity index (χ3n) is 1.27. The van der Waals surface area contributed by atoms with Crippen LogP contribution in [0.25, 0.3) is 0 Å². The number of rotatable bonds is 0. The Labute approximate surface area is 67.6 Å². The molecule has 60 valence electrons. The highest BCUT2D eigenvalue weighted by atomic mass is 14.4. The smallest absolute Gasteiger partial charge is 0.0608 e. The van der Waals surface area contributed by atoms with Gasteiger partial charge in [0, 0.05) is 0 Å². The van der Waals surface area contributed by atoms with Gasteiger partial charge in [0.25, 0.3) is 0 Å². The molecular formula is C9H14N2. The molecule has 0 saturated carbocycles. The summed E-state index contributed by atoms with van der Waals surface area (Å²) in [5, 5.41) is 7.34. The van der Waals surface area contributed by atoms with Crippen molar-refractivity contribution in [2.45, 2.75) is 6.92 Å². The lowest BCUT2D eigenvalue weighted by Crippen LogP contribution is -1.95. The molecule has 0 heterocycles. The molecule has 0 aliphatic heterocycles. The molecule has 1 rings (SSSR count). The summed E-state index contributed by atoms with van der Waals surface area (Å²) < 4.78 is 0. The van der Waals surface area contributed by atoms with Gasteiger partial charge in [-0.05, 0) is 25.6 Å². The Morgan fingerprint density at radius 2 is 1.82 bits per heavy atom. The third-order valence-corrected chi connectivity index (χ3v) is 1.27. The van der Waals surface area contributed by atoms with Crippen molar-refractivity contribution in [1.82, 2.24) is 0 Å². The maximum Gasteiger partial charge on any atom is 0.0608 e. The quantitative estimate of drug-likeness (QED) is 0.542. The topological polar surface area (TPSA) is 49.9 Å². The SMILES string of the molecule is C/C=C1/C=CC=CC1=N.CN. The Hall–Kier alpha value is -1.15. The van der Waals surface area contributed by atoms with Crippen LogP contribution >= 0.6 is 0 Å². The lowest BCUT2D eigenvalue weighted by molar-refractivity contribution is 1.48. The summed E-state index contributed by atoms with van der Waals surface area (Å²) in [5.74, 6) is 0. The van der Waals surface area contributed by atoms with Crippen LogP contribution in [0.15, 0.2) is 36.0 Å². The minimum Gasteiger partial charge on any atom is -0.333 e. The summed E-state index contributed by atoms with van der Waals surface area (Å²) >= 11 is 0. The Morgan fingerprint density at radius 1 is 1.27 bits per heavy atom. The van der Waals surface area contributed by atoms with E-state index in [1.54, 1.807) is 6.08 Å². The van der Waals surface area contributed by atoms with E-state index in [1.807, 2.05) is 31.2 Å². The van der Waals surface area contributed by atoms with Crippen LogP contribution < -0.4 is 5.73 Å². The first-order chi connectivity index (χ1) is 5.34. The van der Waals surface area contributed by atoms with E-state index in [2.05, 4.69) is 5.73 Å². The Kier molecular flexibility index (Phi) is 5.03. The van der Waals surface area contributed by atoms with E-state index in [4.69, 9.17) is 5.41 Å². The van der Waals surface area contributed by atoms with E-state index in [1.165, 1.54) is 7.05 Å². The first-order valence-corrected chi connectivity index (χ1v) is 3.52. The van der Waals surface area contributed by atoms with Crippen molar-refractivity contribution in [2.24, 2.45) is 5.73 Å². The molecule has 0 aromatic carbocycles. The molecular weight excluding hydrogens is 136 g/mol. The normalized spacial score (nSPS) is 18.1. The molecule has 0 bridgehead atoms. The fourth-order valence-corrected chi connectivity index (χ4v) is 0.749. The monoisotopic (exact) mass is 150 g/mol. The standard InChI is InChI=1S/C8H9N.CH5N/c1-2-7-5-3-4-6-8(7)9;1-2/h2-6,9H,1H3;2H2,1H3/b7-2-,9-8?;. The average molecular weight is 150 g/mol. The van der Waals surface area contributed by atoms with Gasteiger partial charge in [0.05, 0.1) is 5.71 Å². The summed E-state index contributed by atoms with van der Waals surface area (Å²) in [5.41, 5.74) is 6.09. The summed E-state index contributed by atoms with van der Waals surface area (Å²) in [7, 11) is 1.50. The Balaban J connectivity index is 0.000000461.